The number of nitrogens with zero attached hydrogens (tertiary/aromatic N) is 2. The van der Waals surface area contributed by atoms with E-state index in [9.17, 15) is 14.7 Å². The smallest absolute Gasteiger partial charge is 0.337 e. The van der Waals surface area contributed by atoms with Gasteiger partial charge in [0.05, 0.1) is 24.4 Å². The minimum absolute atomic E-state index is 0.00389. The van der Waals surface area contributed by atoms with Gasteiger partial charge in [0.2, 0.25) is 5.91 Å². The molecule has 0 spiro atoms. The monoisotopic (exact) mass is 514 g/mol. The lowest BCUT2D eigenvalue weighted by Gasteiger charge is -2.35. The normalized spacial score (nSPS) is 15.9. The molecule has 0 bridgehead atoms. The number of carbonyl (C=O) groups excluding carboxylic acids is 1. The molecule has 1 unspecified atom stereocenters. The maximum Gasteiger partial charge on any atom is 0.337 e. The van der Waals surface area contributed by atoms with Crippen molar-refractivity contribution in [1.82, 2.24) is 4.98 Å². The molecular weight excluding hydrogens is 480 g/mol. The van der Waals surface area contributed by atoms with Crippen LogP contribution in [0.15, 0.2) is 48.7 Å². The summed E-state index contributed by atoms with van der Waals surface area (Å²) in [6.07, 6.45) is 3.10. The van der Waals surface area contributed by atoms with Gasteiger partial charge >= 0.3 is 5.97 Å². The zero-order chi connectivity index (χ0) is 27.0. The van der Waals surface area contributed by atoms with Crippen LogP contribution in [0.3, 0.4) is 0 Å². The Morgan fingerprint density at radius 2 is 1.97 bits per heavy atom. The molecule has 3 aromatic rings. The fourth-order valence-corrected chi connectivity index (χ4v) is 5.47. The van der Waals surface area contributed by atoms with Crippen LogP contribution in [0.1, 0.15) is 67.7 Å². The highest BCUT2D eigenvalue weighted by Crippen LogP contribution is 2.45. The second-order valence-electron chi connectivity index (χ2n) is 11.0. The molecule has 7 heteroatoms. The average Bonchev–Trinajstić information content (AvgIpc) is 2.88. The molecule has 2 aromatic carbocycles. The fraction of sp³-hybridized carbons (Fsp3) is 0.387. The molecule has 5 rings (SSSR count). The number of fused-ring (bicyclic) bond motifs is 2. The van der Waals surface area contributed by atoms with Crippen molar-refractivity contribution in [2.24, 2.45) is 0 Å². The minimum atomic E-state index is -1.20. The van der Waals surface area contributed by atoms with Crippen LogP contribution in [0.25, 0.3) is 11.1 Å². The Balaban J connectivity index is 1.73. The number of hydrogen-bond donors (Lipinski definition) is 1. The highest BCUT2D eigenvalue weighted by Gasteiger charge is 2.37. The highest BCUT2D eigenvalue weighted by atomic mass is 16.5. The van der Waals surface area contributed by atoms with Gasteiger partial charge in [-0.05, 0) is 105 Å². The molecule has 1 atom stereocenters. The number of pyridine rings is 1. The summed E-state index contributed by atoms with van der Waals surface area (Å²) in [6.45, 7) is 8.58. The van der Waals surface area contributed by atoms with E-state index in [1.165, 1.54) is 0 Å². The summed E-state index contributed by atoms with van der Waals surface area (Å²) in [5.74, 6) is -0.177. The molecule has 7 nitrogen and oxygen atoms in total. The van der Waals surface area contributed by atoms with Gasteiger partial charge in [-0.3, -0.25) is 9.78 Å². The van der Waals surface area contributed by atoms with Crippen LogP contribution >= 0.6 is 0 Å². The second-order valence-corrected chi connectivity index (χ2v) is 11.0. The molecule has 0 radical (unpaired) electrons. The lowest BCUT2D eigenvalue weighted by molar-refractivity contribution is -0.160. The van der Waals surface area contributed by atoms with Gasteiger partial charge in [0.15, 0.2) is 6.10 Å². The molecule has 0 aliphatic carbocycles. The van der Waals surface area contributed by atoms with Crippen LogP contribution in [-0.4, -0.2) is 34.2 Å². The lowest BCUT2D eigenvalue weighted by Crippen LogP contribution is -2.36. The van der Waals surface area contributed by atoms with Crippen LogP contribution in [-0.2, 0) is 33.7 Å². The third-order valence-electron chi connectivity index (χ3n) is 7.03. The van der Waals surface area contributed by atoms with Crippen molar-refractivity contribution in [3.8, 4) is 16.9 Å². The number of carboxylic acid groups (broad SMARTS) is 1. The van der Waals surface area contributed by atoms with E-state index in [1.807, 2.05) is 64.1 Å². The number of anilines is 1. The number of aromatic nitrogens is 1. The Morgan fingerprint density at radius 3 is 2.68 bits per heavy atom. The van der Waals surface area contributed by atoms with E-state index in [-0.39, 0.29) is 12.3 Å². The SMILES string of the molecule is Cc1cc2c(c(C(OC(C)(C)C)C(=O)O)c1-c1ccc3c(c1)CCCO3)CCC(=O)N2Cc1ccccn1. The predicted molar refractivity (Wildman–Crippen MR) is 145 cm³/mol. The Hall–Kier alpha value is -3.71. The van der Waals surface area contributed by atoms with E-state index in [1.54, 1.807) is 11.1 Å². The van der Waals surface area contributed by atoms with E-state index in [2.05, 4.69) is 11.1 Å². The lowest BCUT2D eigenvalue weighted by atomic mass is 9.83. The van der Waals surface area contributed by atoms with Crippen molar-refractivity contribution in [3.05, 3.63) is 76.6 Å². The predicted octanol–water partition coefficient (Wildman–Crippen LogP) is 5.80. The van der Waals surface area contributed by atoms with Gasteiger partial charge < -0.3 is 19.5 Å². The number of aryl methyl sites for hydroxylation is 2. The molecule has 198 valence electrons. The van der Waals surface area contributed by atoms with Crippen molar-refractivity contribution in [2.75, 3.05) is 11.5 Å². The third-order valence-corrected chi connectivity index (χ3v) is 7.03. The zero-order valence-electron chi connectivity index (χ0n) is 22.4. The fourth-order valence-electron chi connectivity index (χ4n) is 5.47. The summed E-state index contributed by atoms with van der Waals surface area (Å²) in [4.78, 5) is 32.1. The zero-order valence-corrected chi connectivity index (χ0v) is 22.4. The number of amides is 1. The molecule has 1 N–H and O–H groups in total. The molecule has 1 aromatic heterocycles. The molecule has 0 saturated heterocycles. The molecule has 1 amide bonds. The molecule has 38 heavy (non-hydrogen) atoms. The summed E-state index contributed by atoms with van der Waals surface area (Å²) in [5.41, 5.74) is 6.05. The Bertz CT molecular complexity index is 1380. The first-order chi connectivity index (χ1) is 18.1. The third kappa shape index (κ3) is 5.16. The maximum atomic E-state index is 13.2. The molecule has 2 aliphatic rings. The summed E-state index contributed by atoms with van der Waals surface area (Å²) < 4.78 is 12.1. The highest BCUT2D eigenvalue weighted by molar-refractivity contribution is 5.98. The number of hydrogen-bond acceptors (Lipinski definition) is 5. The quantitative estimate of drug-likeness (QED) is 0.447. The number of aliphatic carboxylic acids is 1. The Morgan fingerprint density at radius 1 is 1.16 bits per heavy atom. The van der Waals surface area contributed by atoms with E-state index in [0.717, 1.165) is 57.8 Å². The number of ether oxygens (including phenoxy) is 2. The van der Waals surface area contributed by atoms with Crippen molar-refractivity contribution in [1.29, 1.82) is 0 Å². The Kier molecular flexibility index (Phi) is 6.97. The molecule has 0 fully saturated rings. The van der Waals surface area contributed by atoms with Crippen molar-refractivity contribution in [3.63, 3.8) is 0 Å². The molecule has 2 aliphatic heterocycles. The minimum Gasteiger partial charge on any atom is -0.493 e. The first kappa shape index (κ1) is 25.9. The van der Waals surface area contributed by atoms with Gasteiger partial charge in [0, 0.05) is 23.9 Å². The topological polar surface area (TPSA) is 89.0 Å². The summed E-state index contributed by atoms with van der Waals surface area (Å²) in [7, 11) is 0. The number of carboxylic acids is 1. The van der Waals surface area contributed by atoms with Gasteiger partial charge in [-0.15, -0.1) is 0 Å². The van der Waals surface area contributed by atoms with Crippen molar-refractivity contribution in [2.45, 2.75) is 71.6 Å². The van der Waals surface area contributed by atoms with Crippen molar-refractivity contribution < 1.29 is 24.2 Å². The van der Waals surface area contributed by atoms with Gasteiger partial charge in [-0.2, -0.15) is 0 Å². The number of benzene rings is 2. The van der Waals surface area contributed by atoms with Crippen LogP contribution in [0, 0.1) is 6.92 Å². The maximum absolute atomic E-state index is 13.2. The molecule has 3 heterocycles. The van der Waals surface area contributed by atoms with Crippen molar-refractivity contribution >= 4 is 17.6 Å². The van der Waals surface area contributed by atoms with Gasteiger partial charge in [0.1, 0.15) is 5.75 Å². The van der Waals surface area contributed by atoms with E-state index in [0.29, 0.717) is 25.1 Å². The first-order valence-electron chi connectivity index (χ1n) is 13.2. The molecular formula is C31H34N2O5. The van der Waals surface area contributed by atoms with Crippen LogP contribution in [0.4, 0.5) is 5.69 Å². The number of rotatable bonds is 6. The van der Waals surface area contributed by atoms with E-state index >= 15 is 0 Å². The van der Waals surface area contributed by atoms with Crippen LogP contribution < -0.4 is 9.64 Å². The number of carbonyl (C=O) groups is 2. The van der Waals surface area contributed by atoms with Crippen LogP contribution in [0.2, 0.25) is 0 Å². The van der Waals surface area contributed by atoms with Gasteiger partial charge in [-0.25, -0.2) is 4.79 Å². The standard InChI is InChI=1S/C31H34N2O5/c1-19-16-24-23(11-13-26(34)33(24)18-22-9-5-6-14-32-22)28(29(30(35)36)38-31(2,3)4)27(19)21-10-12-25-20(17-21)8-7-15-37-25/h5-6,9-10,12,14,16-17,29H,7-8,11,13,15,18H2,1-4H3,(H,35,36). The first-order valence-corrected chi connectivity index (χ1v) is 13.2. The van der Waals surface area contributed by atoms with E-state index < -0.39 is 17.7 Å². The molecule has 0 saturated carbocycles. The van der Waals surface area contributed by atoms with E-state index in [4.69, 9.17) is 9.47 Å². The van der Waals surface area contributed by atoms with Gasteiger partial charge in [0.25, 0.3) is 0 Å². The van der Waals surface area contributed by atoms with Gasteiger partial charge in [-0.1, -0.05) is 12.1 Å². The Labute approximate surface area is 223 Å². The second kappa shape index (κ2) is 10.2. The average molecular weight is 515 g/mol. The summed E-state index contributed by atoms with van der Waals surface area (Å²) in [5, 5.41) is 10.5. The summed E-state index contributed by atoms with van der Waals surface area (Å²) in [6, 6.07) is 13.7. The van der Waals surface area contributed by atoms with Crippen LogP contribution in [0.5, 0.6) is 5.75 Å². The largest absolute Gasteiger partial charge is 0.493 e. The summed E-state index contributed by atoms with van der Waals surface area (Å²) >= 11 is 0.